The molecule has 38 heavy (non-hydrogen) atoms. The Balaban J connectivity index is 1.75. The summed E-state index contributed by atoms with van der Waals surface area (Å²) in [5, 5.41) is 36.2. The van der Waals surface area contributed by atoms with E-state index in [-0.39, 0.29) is 18.1 Å². The molecule has 3 N–H and O–H groups in total. The Morgan fingerprint density at radius 2 is 1.53 bits per heavy atom. The largest absolute Gasteiger partial charge is 0.383 e. The van der Waals surface area contributed by atoms with Crippen molar-refractivity contribution in [2.45, 2.75) is 135 Å². The second-order valence-corrected chi connectivity index (χ2v) is 13.8. The number of carbonyl (C=O) groups excluding carboxylic acids is 1. The second-order valence-electron chi connectivity index (χ2n) is 13.8. The number of urea groups is 1. The van der Waals surface area contributed by atoms with E-state index in [4.69, 9.17) is 4.74 Å². The molecule has 2 saturated heterocycles. The number of ether oxygens (including phenoxy) is 1. The maximum atomic E-state index is 13.9. The molecule has 0 spiro atoms. The van der Waals surface area contributed by atoms with E-state index in [1.807, 2.05) is 66.5 Å². The summed E-state index contributed by atoms with van der Waals surface area (Å²) in [4.78, 5) is 15.9. The molecule has 1 aromatic rings. The molecule has 3 heterocycles. The lowest BCUT2D eigenvalue weighted by molar-refractivity contribution is -0.250. The van der Waals surface area contributed by atoms with Gasteiger partial charge in [0, 0.05) is 54.1 Å². The number of aromatic nitrogens is 3. The summed E-state index contributed by atoms with van der Waals surface area (Å²) in [6, 6.07) is -0.169. The van der Waals surface area contributed by atoms with Crippen LogP contribution in [0.1, 0.15) is 93.2 Å². The summed E-state index contributed by atoms with van der Waals surface area (Å²) in [5.41, 5.74) is -0.954. The van der Waals surface area contributed by atoms with Gasteiger partial charge in [-0.1, -0.05) is 5.21 Å². The molecule has 0 aromatic carbocycles. The Hall–Kier alpha value is -1.79. The van der Waals surface area contributed by atoms with Crippen LogP contribution >= 0.6 is 0 Å². The molecular formula is C27H51N7O4. The minimum Gasteiger partial charge on any atom is -0.383 e. The molecule has 2 fully saturated rings. The fourth-order valence-corrected chi connectivity index (χ4v) is 6.70. The van der Waals surface area contributed by atoms with Crippen molar-refractivity contribution in [3.63, 3.8) is 0 Å². The number of rotatable bonds is 9. The van der Waals surface area contributed by atoms with Gasteiger partial charge < -0.3 is 25.4 Å². The van der Waals surface area contributed by atoms with E-state index in [9.17, 15) is 15.2 Å². The van der Waals surface area contributed by atoms with Gasteiger partial charge in [-0.05, 0) is 93.9 Å². The van der Waals surface area contributed by atoms with Crippen molar-refractivity contribution >= 4 is 6.03 Å². The highest BCUT2D eigenvalue weighted by Gasteiger charge is 2.49. The summed E-state index contributed by atoms with van der Waals surface area (Å²) in [5.74, 6) is 0. The van der Waals surface area contributed by atoms with Crippen LogP contribution < -0.4 is 5.32 Å². The van der Waals surface area contributed by atoms with Crippen molar-refractivity contribution in [3.8, 4) is 0 Å². The number of piperidine rings is 2. The Kier molecular flexibility index (Phi) is 9.20. The van der Waals surface area contributed by atoms with Gasteiger partial charge in [0.1, 0.15) is 0 Å². The van der Waals surface area contributed by atoms with E-state index < -0.39 is 22.2 Å². The number of methoxy groups -OCH3 is 1. The summed E-state index contributed by atoms with van der Waals surface area (Å²) in [6.45, 7) is 17.9. The molecule has 2 amide bonds. The SMILES string of the molecule is COCCn1cc(CCCN(C(=O)NC2CC(C)(C)N(O)C(C)(C)C2)C2CC(C)(C)N(O)C(C)(C)C2)nn1. The van der Waals surface area contributed by atoms with E-state index in [0.29, 0.717) is 51.8 Å². The lowest BCUT2D eigenvalue weighted by atomic mass is 9.78. The van der Waals surface area contributed by atoms with E-state index >= 15 is 0 Å². The molecule has 3 rings (SSSR count). The van der Waals surface area contributed by atoms with Crippen LogP contribution in [0.2, 0.25) is 0 Å². The van der Waals surface area contributed by atoms with E-state index in [2.05, 4.69) is 15.6 Å². The Bertz CT molecular complexity index is 910. The van der Waals surface area contributed by atoms with Crippen molar-refractivity contribution in [1.82, 2.24) is 35.3 Å². The molecule has 218 valence electrons. The minimum absolute atomic E-state index is 0.0280. The lowest BCUT2D eigenvalue weighted by Gasteiger charge is -2.54. The number of hydroxylamine groups is 4. The number of aryl methyl sites for hydroxylation is 1. The number of nitrogens with zero attached hydrogens (tertiary/aromatic N) is 6. The monoisotopic (exact) mass is 537 g/mol. The van der Waals surface area contributed by atoms with Crippen LogP contribution in [0.3, 0.4) is 0 Å². The normalized spacial score (nSPS) is 23.9. The van der Waals surface area contributed by atoms with Crippen LogP contribution in [0, 0.1) is 0 Å². The second kappa shape index (κ2) is 11.4. The number of carbonyl (C=O) groups is 1. The third-order valence-electron chi connectivity index (χ3n) is 8.23. The predicted molar refractivity (Wildman–Crippen MR) is 145 cm³/mol. The average molecular weight is 538 g/mol. The number of nitrogens with one attached hydrogen (secondary N) is 1. The van der Waals surface area contributed by atoms with E-state index in [1.54, 1.807) is 11.8 Å². The van der Waals surface area contributed by atoms with Crippen LogP contribution in [-0.2, 0) is 17.7 Å². The van der Waals surface area contributed by atoms with Crippen LogP contribution in [0.4, 0.5) is 4.79 Å². The fraction of sp³-hybridized carbons (Fsp3) is 0.889. The first-order valence-electron chi connectivity index (χ1n) is 13.9. The molecule has 1 aromatic heterocycles. The molecule has 0 saturated carbocycles. The third-order valence-corrected chi connectivity index (χ3v) is 8.23. The highest BCUT2D eigenvalue weighted by Crippen LogP contribution is 2.40. The first-order valence-corrected chi connectivity index (χ1v) is 13.9. The predicted octanol–water partition coefficient (Wildman–Crippen LogP) is 3.69. The van der Waals surface area contributed by atoms with Gasteiger partial charge in [0.2, 0.25) is 0 Å². The zero-order valence-electron chi connectivity index (χ0n) is 25.0. The molecule has 0 atom stereocenters. The van der Waals surface area contributed by atoms with Crippen LogP contribution in [-0.4, -0.2) is 101 Å². The minimum atomic E-state index is -0.471. The van der Waals surface area contributed by atoms with Gasteiger partial charge in [-0.25, -0.2) is 9.48 Å². The molecule has 0 radical (unpaired) electrons. The highest BCUT2D eigenvalue weighted by molar-refractivity contribution is 5.75. The first-order chi connectivity index (χ1) is 17.5. The van der Waals surface area contributed by atoms with Gasteiger partial charge in [0.05, 0.1) is 18.8 Å². The van der Waals surface area contributed by atoms with Crippen LogP contribution in [0.5, 0.6) is 0 Å². The summed E-state index contributed by atoms with van der Waals surface area (Å²) in [7, 11) is 1.66. The van der Waals surface area contributed by atoms with Crippen molar-refractivity contribution in [3.05, 3.63) is 11.9 Å². The van der Waals surface area contributed by atoms with Gasteiger partial charge in [-0.2, -0.15) is 10.1 Å². The fourth-order valence-electron chi connectivity index (χ4n) is 6.70. The molecule has 2 aliphatic heterocycles. The van der Waals surface area contributed by atoms with Gasteiger partial charge in [0.15, 0.2) is 0 Å². The van der Waals surface area contributed by atoms with Crippen LogP contribution in [0.25, 0.3) is 0 Å². The van der Waals surface area contributed by atoms with Gasteiger partial charge >= 0.3 is 6.03 Å². The summed E-state index contributed by atoms with van der Waals surface area (Å²) in [6.07, 6.45) is 6.05. The first kappa shape index (κ1) is 30.7. The topological polar surface area (TPSA) is 119 Å². The standard InChI is InChI=1S/C27H51N7O4/c1-24(2)15-21(16-25(3,4)33(24)36)28-23(35)32(22-17-26(5,6)34(37)27(7,8)18-22)12-10-11-20-19-31(30-29-20)13-14-38-9/h19,21-22,36-37H,10-18H2,1-9H3,(H,28,35). The maximum Gasteiger partial charge on any atom is 0.317 e. The zero-order valence-corrected chi connectivity index (χ0v) is 25.0. The van der Waals surface area contributed by atoms with Gasteiger partial charge in [-0.3, -0.25) is 0 Å². The Morgan fingerprint density at radius 3 is 2.05 bits per heavy atom. The van der Waals surface area contributed by atoms with Crippen molar-refractivity contribution in [2.75, 3.05) is 20.3 Å². The van der Waals surface area contributed by atoms with Gasteiger partial charge in [-0.15, -0.1) is 5.10 Å². The lowest BCUT2D eigenvalue weighted by Crippen LogP contribution is -2.66. The summed E-state index contributed by atoms with van der Waals surface area (Å²) < 4.78 is 6.90. The number of hydrogen-bond acceptors (Lipinski definition) is 8. The smallest absolute Gasteiger partial charge is 0.317 e. The third kappa shape index (κ3) is 7.04. The molecule has 0 aliphatic carbocycles. The quantitative estimate of drug-likeness (QED) is 0.436. The average Bonchev–Trinajstić information content (AvgIpc) is 3.24. The van der Waals surface area contributed by atoms with Crippen LogP contribution in [0.15, 0.2) is 6.20 Å². The highest BCUT2D eigenvalue weighted by atomic mass is 16.5. The van der Waals surface area contributed by atoms with Crippen molar-refractivity contribution in [2.24, 2.45) is 0 Å². The van der Waals surface area contributed by atoms with Gasteiger partial charge in [0.25, 0.3) is 0 Å². The molecule has 0 bridgehead atoms. The molecular weight excluding hydrogens is 486 g/mol. The molecule has 2 aliphatic rings. The Morgan fingerprint density at radius 1 is 1.00 bits per heavy atom. The molecule has 11 nitrogen and oxygen atoms in total. The summed E-state index contributed by atoms with van der Waals surface area (Å²) >= 11 is 0. The number of hydrogen-bond donors (Lipinski definition) is 3. The number of amides is 2. The van der Waals surface area contributed by atoms with E-state index in [1.165, 1.54) is 10.1 Å². The zero-order chi connectivity index (χ0) is 28.5. The molecule has 11 heteroatoms. The van der Waals surface area contributed by atoms with E-state index in [0.717, 1.165) is 12.1 Å². The van der Waals surface area contributed by atoms with Crippen molar-refractivity contribution < 1.29 is 19.9 Å². The maximum absolute atomic E-state index is 13.9. The van der Waals surface area contributed by atoms with Crippen molar-refractivity contribution in [1.29, 1.82) is 0 Å². The Labute approximate surface area is 228 Å². The molecule has 0 unspecified atom stereocenters.